The molecule has 188 valence electrons. The molecule has 2 amide bonds. The van der Waals surface area contributed by atoms with E-state index in [1.807, 2.05) is 12.1 Å². The zero-order valence-corrected chi connectivity index (χ0v) is 20.2. The van der Waals surface area contributed by atoms with Crippen LogP contribution in [0.2, 0.25) is 0 Å². The molecule has 3 aromatic carbocycles. The molecule has 0 aliphatic carbocycles. The fourth-order valence-electron chi connectivity index (χ4n) is 4.30. The molecule has 2 atom stereocenters. The van der Waals surface area contributed by atoms with Gasteiger partial charge in [0.25, 0.3) is 5.91 Å². The molecule has 9 heteroatoms. The van der Waals surface area contributed by atoms with E-state index in [0.717, 1.165) is 11.1 Å². The Balaban J connectivity index is 1.49. The lowest BCUT2D eigenvalue weighted by atomic mass is 9.99. The fraction of sp³-hybridized carbons (Fsp3) is 0.214. The Morgan fingerprint density at radius 1 is 1.16 bits per heavy atom. The molecule has 3 N–H and O–H groups in total. The van der Waals surface area contributed by atoms with Crippen LogP contribution in [-0.4, -0.2) is 58.9 Å². The molecule has 0 radical (unpaired) electrons. The van der Waals surface area contributed by atoms with Crippen LogP contribution in [0.25, 0.3) is 11.1 Å². The van der Waals surface area contributed by atoms with E-state index in [1.54, 1.807) is 48.5 Å². The summed E-state index contributed by atoms with van der Waals surface area (Å²) in [4.78, 5) is 32.8. The van der Waals surface area contributed by atoms with Crippen LogP contribution in [0.5, 0.6) is 5.75 Å². The van der Waals surface area contributed by atoms with Crippen LogP contribution >= 0.6 is 0 Å². The Bertz CT molecular complexity index is 1360. The Kier molecular flexibility index (Phi) is 7.81. The number of amides is 2. The van der Waals surface area contributed by atoms with E-state index in [2.05, 4.69) is 16.5 Å². The van der Waals surface area contributed by atoms with Crippen LogP contribution in [0, 0.1) is 11.3 Å². The summed E-state index contributed by atoms with van der Waals surface area (Å²) in [5.74, 6) is -0.776. The van der Waals surface area contributed by atoms with Gasteiger partial charge < -0.3 is 25.3 Å². The Hall–Kier alpha value is -4.68. The summed E-state index contributed by atoms with van der Waals surface area (Å²) >= 11 is 0. The number of aliphatic hydroxyl groups is 1. The third-order valence-electron chi connectivity index (χ3n) is 6.16. The highest BCUT2D eigenvalue weighted by atomic mass is 16.6. The van der Waals surface area contributed by atoms with Crippen molar-refractivity contribution >= 4 is 17.5 Å². The summed E-state index contributed by atoms with van der Waals surface area (Å²) in [5, 5.41) is 36.0. The van der Waals surface area contributed by atoms with Crippen LogP contribution in [0.15, 0.2) is 78.0 Å². The van der Waals surface area contributed by atoms with E-state index in [4.69, 9.17) is 4.84 Å². The van der Waals surface area contributed by atoms with E-state index in [0.29, 0.717) is 22.4 Å². The van der Waals surface area contributed by atoms with Crippen LogP contribution in [0.4, 0.5) is 0 Å². The fourth-order valence-corrected chi connectivity index (χ4v) is 4.30. The zero-order chi connectivity index (χ0) is 26.4. The number of hydrogen-bond donors (Lipinski definition) is 3. The molecule has 1 heterocycles. The Morgan fingerprint density at radius 2 is 1.92 bits per heavy atom. The highest BCUT2D eigenvalue weighted by molar-refractivity contribution is 6.05. The smallest absolute Gasteiger partial charge is 0.254 e. The van der Waals surface area contributed by atoms with Crippen LogP contribution < -0.4 is 5.32 Å². The summed E-state index contributed by atoms with van der Waals surface area (Å²) in [6, 6.07) is 21.6. The van der Waals surface area contributed by atoms with Gasteiger partial charge >= 0.3 is 0 Å². The van der Waals surface area contributed by atoms with E-state index < -0.39 is 18.1 Å². The van der Waals surface area contributed by atoms with Gasteiger partial charge in [-0.05, 0) is 47.0 Å². The number of aliphatic hydroxyl groups excluding tert-OH is 1. The van der Waals surface area contributed by atoms with Crippen molar-refractivity contribution in [2.45, 2.75) is 18.6 Å². The van der Waals surface area contributed by atoms with Crippen molar-refractivity contribution in [3.8, 4) is 22.9 Å². The number of phenols is 1. The van der Waals surface area contributed by atoms with Crippen molar-refractivity contribution in [2.75, 3.05) is 20.2 Å². The maximum atomic E-state index is 13.4. The SMILES string of the molecule is CO/N=C1/C[C@@H](C(=O)NCC(O)c2cccc(O)c2)N(C(=O)c2ccc(-c3ccccc3C#N)cc2)C1. The lowest BCUT2D eigenvalue weighted by Crippen LogP contribution is -2.46. The minimum absolute atomic E-state index is 0.0120. The lowest BCUT2D eigenvalue weighted by Gasteiger charge is -2.24. The first-order chi connectivity index (χ1) is 17.9. The van der Waals surface area contributed by atoms with Crippen LogP contribution in [0.1, 0.15) is 34.0 Å². The first kappa shape index (κ1) is 25.4. The number of carbonyl (C=O) groups is 2. The number of likely N-dealkylation sites (tertiary alicyclic amines) is 1. The number of aromatic hydroxyl groups is 1. The molecule has 1 fully saturated rings. The number of nitrogens with zero attached hydrogens (tertiary/aromatic N) is 3. The highest BCUT2D eigenvalue weighted by Crippen LogP contribution is 2.25. The van der Waals surface area contributed by atoms with Gasteiger partial charge in [0.1, 0.15) is 18.9 Å². The minimum atomic E-state index is -1.03. The highest BCUT2D eigenvalue weighted by Gasteiger charge is 2.38. The van der Waals surface area contributed by atoms with Gasteiger partial charge in [0.05, 0.1) is 30.0 Å². The number of rotatable bonds is 7. The summed E-state index contributed by atoms with van der Waals surface area (Å²) in [5.41, 5.74) is 3.48. The van der Waals surface area contributed by atoms with Gasteiger partial charge in [0.15, 0.2) is 0 Å². The van der Waals surface area contributed by atoms with Gasteiger partial charge in [0.2, 0.25) is 5.91 Å². The molecule has 0 spiro atoms. The molecule has 1 unspecified atom stereocenters. The molecule has 3 aromatic rings. The standard InChI is InChI=1S/C28H26N4O5/c1-37-31-22-14-25(27(35)30-16-26(34)20-6-4-7-23(33)13-20)32(17-22)28(36)19-11-9-18(10-12-19)24-8-3-2-5-21(24)15-29/h2-13,25-26,33-34H,14,16-17H2,1H3,(H,30,35)/b31-22-/t25-,26?/m0/s1. The molecular formula is C28H26N4O5. The number of phenolic OH excluding ortho intramolecular Hbond substituents is 1. The second-order valence-electron chi connectivity index (χ2n) is 8.58. The zero-order valence-electron chi connectivity index (χ0n) is 20.2. The molecule has 1 aliphatic heterocycles. The molecule has 9 nitrogen and oxygen atoms in total. The normalized spacial score (nSPS) is 16.7. The predicted molar refractivity (Wildman–Crippen MR) is 137 cm³/mol. The largest absolute Gasteiger partial charge is 0.508 e. The van der Waals surface area contributed by atoms with Crippen molar-refractivity contribution < 1.29 is 24.6 Å². The number of oxime groups is 1. The first-order valence-electron chi connectivity index (χ1n) is 11.7. The van der Waals surface area contributed by atoms with Gasteiger partial charge in [-0.3, -0.25) is 9.59 Å². The third-order valence-corrected chi connectivity index (χ3v) is 6.16. The van der Waals surface area contributed by atoms with Crippen molar-refractivity contribution in [1.29, 1.82) is 5.26 Å². The molecule has 4 rings (SSSR count). The van der Waals surface area contributed by atoms with Crippen LogP contribution in [-0.2, 0) is 9.63 Å². The molecule has 1 aliphatic rings. The number of nitrogens with one attached hydrogen (secondary N) is 1. The molecular weight excluding hydrogens is 472 g/mol. The number of nitriles is 1. The summed E-state index contributed by atoms with van der Waals surface area (Å²) in [6.45, 7) is 0.0312. The van der Waals surface area contributed by atoms with E-state index >= 15 is 0 Å². The summed E-state index contributed by atoms with van der Waals surface area (Å²) in [6.07, 6.45) is -0.834. The first-order valence-corrected chi connectivity index (χ1v) is 11.7. The maximum absolute atomic E-state index is 13.4. The number of hydrogen-bond acceptors (Lipinski definition) is 7. The average Bonchev–Trinajstić information content (AvgIpc) is 3.35. The predicted octanol–water partition coefficient (Wildman–Crippen LogP) is 3.00. The van der Waals surface area contributed by atoms with Gasteiger partial charge in [0, 0.05) is 18.5 Å². The minimum Gasteiger partial charge on any atom is -0.508 e. The van der Waals surface area contributed by atoms with Crippen molar-refractivity contribution in [1.82, 2.24) is 10.2 Å². The lowest BCUT2D eigenvalue weighted by molar-refractivity contribution is -0.125. The van der Waals surface area contributed by atoms with Crippen molar-refractivity contribution in [3.05, 3.63) is 89.5 Å². The van der Waals surface area contributed by atoms with Gasteiger partial charge in [-0.25, -0.2) is 0 Å². The topological polar surface area (TPSA) is 135 Å². The van der Waals surface area contributed by atoms with E-state index in [1.165, 1.54) is 24.1 Å². The summed E-state index contributed by atoms with van der Waals surface area (Å²) in [7, 11) is 1.40. The van der Waals surface area contributed by atoms with Crippen LogP contribution in [0.3, 0.4) is 0 Å². The van der Waals surface area contributed by atoms with E-state index in [-0.39, 0.29) is 31.2 Å². The molecule has 37 heavy (non-hydrogen) atoms. The Morgan fingerprint density at radius 3 is 2.62 bits per heavy atom. The number of carbonyl (C=O) groups excluding carboxylic acids is 2. The van der Waals surface area contributed by atoms with Gasteiger partial charge in [-0.15, -0.1) is 0 Å². The second-order valence-corrected chi connectivity index (χ2v) is 8.58. The van der Waals surface area contributed by atoms with Crippen molar-refractivity contribution in [2.24, 2.45) is 5.16 Å². The Labute approximate surface area is 214 Å². The molecule has 1 saturated heterocycles. The number of benzene rings is 3. The maximum Gasteiger partial charge on any atom is 0.254 e. The third kappa shape index (κ3) is 5.77. The van der Waals surface area contributed by atoms with Crippen molar-refractivity contribution in [3.63, 3.8) is 0 Å². The molecule has 0 bridgehead atoms. The van der Waals surface area contributed by atoms with E-state index in [9.17, 15) is 25.1 Å². The quantitative estimate of drug-likeness (QED) is 0.429. The summed E-state index contributed by atoms with van der Waals surface area (Å²) < 4.78 is 0. The van der Waals surface area contributed by atoms with Gasteiger partial charge in [-0.2, -0.15) is 5.26 Å². The van der Waals surface area contributed by atoms with Gasteiger partial charge in [-0.1, -0.05) is 47.6 Å². The molecule has 0 aromatic heterocycles. The molecule has 0 saturated carbocycles. The average molecular weight is 499 g/mol. The second kappa shape index (κ2) is 11.4. The monoisotopic (exact) mass is 498 g/mol.